The number of aryl methyl sites for hydroxylation is 1. The van der Waals surface area contributed by atoms with Gasteiger partial charge in [-0.1, -0.05) is 37.6 Å². The fraction of sp³-hybridized carbons (Fsp3) is 0.222. The average Bonchev–Trinajstić information content (AvgIpc) is 2.46. The van der Waals surface area contributed by atoms with Crippen molar-refractivity contribution in [1.82, 2.24) is 0 Å². The van der Waals surface area contributed by atoms with Gasteiger partial charge < -0.3 is 0 Å². The van der Waals surface area contributed by atoms with Gasteiger partial charge in [0.05, 0.1) is 0 Å². The maximum absolute atomic E-state index is 13.9. The molecular formula is C18H15F5. The molecule has 0 radical (unpaired) electrons. The molecule has 0 saturated heterocycles. The Hall–Kier alpha value is -2.17. The summed E-state index contributed by atoms with van der Waals surface area (Å²) in [6, 6.07) is 9.29. The number of rotatable bonds is 4. The van der Waals surface area contributed by atoms with Gasteiger partial charge in [0.15, 0.2) is 0 Å². The van der Waals surface area contributed by atoms with E-state index in [0.29, 0.717) is 11.6 Å². The Balaban J connectivity index is 2.34. The van der Waals surface area contributed by atoms with E-state index in [0.717, 1.165) is 30.5 Å². The standard InChI is InChI=1S/C18H15F5/c1-2-3-12-4-6-13(7-5-12)14-10-16(19)15(17(20)11-14)8-9-18(21,22)23/h4-11H,2-3H2,1H3. The lowest BCUT2D eigenvalue weighted by Gasteiger charge is -2.07. The summed E-state index contributed by atoms with van der Waals surface area (Å²) in [5.41, 5.74) is 1.30. The maximum Gasteiger partial charge on any atom is 0.409 e. The molecule has 0 bridgehead atoms. The van der Waals surface area contributed by atoms with Crippen LogP contribution in [0.15, 0.2) is 42.5 Å². The van der Waals surface area contributed by atoms with Crippen LogP contribution in [0.2, 0.25) is 0 Å². The fourth-order valence-corrected chi connectivity index (χ4v) is 2.24. The molecule has 0 heterocycles. The Bertz CT molecular complexity index is 673. The molecule has 0 nitrogen and oxygen atoms in total. The minimum Gasteiger partial charge on any atom is -0.206 e. The highest BCUT2D eigenvalue weighted by molar-refractivity contribution is 5.67. The van der Waals surface area contributed by atoms with Gasteiger partial charge in [0.1, 0.15) is 11.6 Å². The SMILES string of the molecule is CCCc1ccc(-c2cc(F)c(C=CC(F)(F)F)c(F)c2)cc1. The van der Waals surface area contributed by atoms with E-state index in [2.05, 4.69) is 0 Å². The Morgan fingerprint density at radius 2 is 1.48 bits per heavy atom. The summed E-state index contributed by atoms with van der Waals surface area (Å²) in [5, 5.41) is 0. The Kier molecular flexibility index (Phi) is 5.19. The highest BCUT2D eigenvalue weighted by atomic mass is 19.4. The van der Waals surface area contributed by atoms with Crippen LogP contribution in [0.3, 0.4) is 0 Å². The first-order chi connectivity index (χ1) is 10.8. The zero-order valence-corrected chi connectivity index (χ0v) is 12.4. The second-order valence-corrected chi connectivity index (χ2v) is 5.18. The van der Waals surface area contributed by atoms with Gasteiger partial charge in [0.2, 0.25) is 0 Å². The second kappa shape index (κ2) is 6.94. The molecule has 0 aliphatic carbocycles. The highest BCUT2D eigenvalue weighted by Gasteiger charge is 2.22. The lowest BCUT2D eigenvalue weighted by molar-refractivity contribution is -0.0790. The summed E-state index contributed by atoms with van der Waals surface area (Å²) in [5.74, 6) is -2.06. The van der Waals surface area contributed by atoms with E-state index in [9.17, 15) is 22.0 Å². The van der Waals surface area contributed by atoms with Crippen molar-refractivity contribution in [2.75, 3.05) is 0 Å². The maximum atomic E-state index is 13.9. The third kappa shape index (κ3) is 4.65. The summed E-state index contributed by atoms with van der Waals surface area (Å²) in [6.07, 6.45) is -2.51. The summed E-state index contributed by atoms with van der Waals surface area (Å²) >= 11 is 0. The largest absolute Gasteiger partial charge is 0.409 e. The quantitative estimate of drug-likeness (QED) is 0.590. The summed E-state index contributed by atoms with van der Waals surface area (Å²) in [7, 11) is 0. The molecule has 0 aromatic heterocycles. The van der Waals surface area contributed by atoms with E-state index in [-0.39, 0.29) is 11.6 Å². The van der Waals surface area contributed by atoms with Crippen molar-refractivity contribution in [3.05, 3.63) is 65.2 Å². The molecule has 0 aliphatic heterocycles. The van der Waals surface area contributed by atoms with Gasteiger partial charge in [0.25, 0.3) is 0 Å². The lowest BCUT2D eigenvalue weighted by atomic mass is 10.0. The molecule has 122 valence electrons. The van der Waals surface area contributed by atoms with Gasteiger partial charge in [-0.05, 0) is 41.3 Å². The van der Waals surface area contributed by atoms with Crippen molar-refractivity contribution in [2.24, 2.45) is 0 Å². The molecule has 2 aromatic rings. The molecule has 0 unspecified atom stereocenters. The molecule has 23 heavy (non-hydrogen) atoms. The number of hydrogen-bond donors (Lipinski definition) is 0. The minimum absolute atomic E-state index is 0.187. The average molecular weight is 326 g/mol. The van der Waals surface area contributed by atoms with Crippen LogP contribution in [0.1, 0.15) is 24.5 Å². The van der Waals surface area contributed by atoms with Gasteiger partial charge in [-0.25, -0.2) is 8.78 Å². The fourth-order valence-electron chi connectivity index (χ4n) is 2.24. The first-order valence-corrected chi connectivity index (χ1v) is 7.14. The molecule has 5 heteroatoms. The Morgan fingerprint density at radius 1 is 0.913 bits per heavy atom. The van der Waals surface area contributed by atoms with Crippen LogP contribution in [0.5, 0.6) is 0 Å². The van der Waals surface area contributed by atoms with Crippen LogP contribution in [0.25, 0.3) is 17.2 Å². The predicted molar refractivity (Wildman–Crippen MR) is 80.9 cm³/mol. The number of alkyl halides is 3. The zero-order valence-electron chi connectivity index (χ0n) is 12.4. The van der Waals surface area contributed by atoms with Gasteiger partial charge in [-0.2, -0.15) is 13.2 Å². The first-order valence-electron chi connectivity index (χ1n) is 7.14. The van der Waals surface area contributed by atoms with Crippen molar-refractivity contribution in [3.63, 3.8) is 0 Å². The molecule has 2 rings (SSSR count). The highest BCUT2D eigenvalue weighted by Crippen LogP contribution is 2.27. The number of allylic oxidation sites excluding steroid dienone is 1. The minimum atomic E-state index is -4.62. The van der Waals surface area contributed by atoms with E-state index >= 15 is 0 Å². The van der Waals surface area contributed by atoms with Crippen LogP contribution in [0.4, 0.5) is 22.0 Å². The predicted octanol–water partition coefficient (Wildman–Crippen LogP) is 6.16. The second-order valence-electron chi connectivity index (χ2n) is 5.18. The van der Waals surface area contributed by atoms with Crippen molar-refractivity contribution in [3.8, 4) is 11.1 Å². The van der Waals surface area contributed by atoms with E-state index < -0.39 is 23.4 Å². The smallest absolute Gasteiger partial charge is 0.206 e. The molecule has 0 aliphatic rings. The molecule has 0 saturated carbocycles. The third-order valence-electron chi connectivity index (χ3n) is 3.34. The van der Waals surface area contributed by atoms with Gasteiger partial charge in [0, 0.05) is 11.6 Å². The molecular weight excluding hydrogens is 311 g/mol. The monoisotopic (exact) mass is 326 g/mol. The van der Waals surface area contributed by atoms with Gasteiger partial charge >= 0.3 is 6.18 Å². The number of benzene rings is 2. The van der Waals surface area contributed by atoms with Crippen molar-refractivity contribution in [2.45, 2.75) is 25.9 Å². The zero-order chi connectivity index (χ0) is 17.0. The Morgan fingerprint density at radius 3 is 1.96 bits per heavy atom. The van der Waals surface area contributed by atoms with Gasteiger partial charge in [-0.3, -0.25) is 0 Å². The molecule has 0 amide bonds. The van der Waals surface area contributed by atoms with Gasteiger partial charge in [-0.15, -0.1) is 0 Å². The topological polar surface area (TPSA) is 0 Å². The molecule has 0 fully saturated rings. The molecule has 0 atom stereocenters. The van der Waals surface area contributed by atoms with E-state index in [4.69, 9.17) is 0 Å². The van der Waals surface area contributed by atoms with Crippen LogP contribution in [-0.4, -0.2) is 6.18 Å². The van der Waals surface area contributed by atoms with E-state index in [1.165, 1.54) is 0 Å². The summed E-state index contributed by atoms with van der Waals surface area (Å²) in [6.45, 7) is 2.05. The van der Waals surface area contributed by atoms with Crippen molar-refractivity contribution >= 4 is 6.08 Å². The van der Waals surface area contributed by atoms with Crippen molar-refractivity contribution in [1.29, 1.82) is 0 Å². The third-order valence-corrected chi connectivity index (χ3v) is 3.34. The van der Waals surface area contributed by atoms with Crippen LogP contribution < -0.4 is 0 Å². The van der Waals surface area contributed by atoms with Crippen LogP contribution >= 0.6 is 0 Å². The normalized spacial score (nSPS) is 12.1. The number of halogens is 5. The van der Waals surface area contributed by atoms with Crippen molar-refractivity contribution < 1.29 is 22.0 Å². The lowest BCUT2D eigenvalue weighted by Crippen LogP contribution is -2.01. The van der Waals surface area contributed by atoms with Crippen LogP contribution in [0, 0.1) is 11.6 Å². The summed E-state index contributed by atoms with van der Waals surface area (Å²) in [4.78, 5) is 0. The number of hydrogen-bond acceptors (Lipinski definition) is 0. The van der Waals surface area contributed by atoms with E-state index in [1.807, 2.05) is 19.1 Å². The Labute approximate surface area is 131 Å². The first kappa shape index (κ1) is 17.2. The van der Waals surface area contributed by atoms with E-state index in [1.54, 1.807) is 12.1 Å². The molecule has 0 N–H and O–H groups in total. The molecule has 2 aromatic carbocycles. The molecule has 0 spiro atoms. The summed E-state index contributed by atoms with van der Waals surface area (Å²) < 4.78 is 64.2. The van der Waals surface area contributed by atoms with Crippen LogP contribution in [-0.2, 0) is 6.42 Å².